The number of aliphatic hydroxyl groups is 2. The van der Waals surface area contributed by atoms with E-state index in [1.54, 1.807) is 18.2 Å². The van der Waals surface area contributed by atoms with Gasteiger partial charge in [-0.3, -0.25) is 9.69 Å². The predicted octanol–water partition coefficient (Wildman–Crippen LogP) is 9.35. The summed E-state index contributed by atoms with van der Waals surface area (Å²) in [5.41, 5.74) is 4.57. The highest BCUT2D eigenvalue weighted by molar-refractivity contribution is 6.03. The van der Waals surface area contributed by atoms with Crippen molar-refractivity contribution >= 4 is 11.6 Å². The van der Waals surface area contributed by atoms with Crippen LogP contribution in [-0.4, -0.2) is 89.5 Å². The number of nitrogens with zero attached hydrogens (tertiary/aromatic N) is 3. The number of carbonyl (C=O) groups excluding carboxylic acids is 1. The van der Waals surface area contributed by atoms with Crippen LogP contribution in [0.25, 0.3) is 0 Å². The van der Waals surface area contributed by atoms with Gasteiger partial charge in [0, 0.05) is 63.7 Å². The molecule has 1 saturated heterocycles. The third kappa shape index (κ3) is 10.9. The van der Waals surface area contributed by atoms with Crippen LogP contribution in [0.5, 0.6) is 11.5 Å². The smallest absolute Gasteiger partial charge is 0.239 e. The molecule has 10 nitrogen and oxygen atoms in total. The summed E-state index contributed by atoms with van der Waals surface area (Å²) in [4.78, 5) is 25.7. The van der Waals surface area contributed by atoms with Gasteiger partial charge in [0.2, 0.25) is 11.7 Å². The van der Waals surface area contributed by atoms with Crippen LogP contribution in [0.1, 0.15) is 106 Å². The van der Waals surface area contributed by atoms with Gasteiger partial charge in [-0.05, 0) is 96.9 Å². The number of halogens is 1. The Morgan fingerprint density at radius 1 is 0.953 bits per heavy atom. The molecule has 2 N–H and O–H groups in total. The lowest BCUT2D eigenvalue weighted by molar-refractivity contribution is -0.258. The first-order valence-electron chi connectivity index (χ1n) is 24.0. The van der Waals surface area contributed by atoms with Gasteiger partial charge in [-0.15, -0.1) is 6.58 Å². The van der Waals surface area contributed by atoms with E-state index < -0.39 is 17.7 Å². The summed E-state index contributed by atoms with van der Waals surface area (Å²) in [5.74, 6) is -0.140. The highest BCUT2D eigenvalue weighted by Crippen LogP contribution is 2.62. The lowest BCUT2D eigenvalue weighted by Crippen LogP contribution is -2.70. The number of benzene rings is 3. The number of aliphatic hydroxyl groups excluding tert-OH is 2. The van der Waals surface area contributed by atoms with Crippen LogP contribution in [0.3, 0.4) is 0 Å². The highest BCUT2D eigenvalue weighted by atomic mass is 19.1. The van der Waals surface area contributed by atoms with Crippen molar-refractivity contribution in [3.05, 3.63) is 120 Å². The van der Waals surface area contributed by atoms with Crippen molar-refractivity contribution in [2.24, 2.45) is 28.8 Å². The molecule has 0 spiro atoms. The van der Waals surface area contributed by atoms with E-state index in [1.807, 2.05) is 47.4 Å². The molecular formula is C53H68FN3O7. The Hall–Kier alpha value is -4.55. The molecule has 2 saturated carbocycles. The van der Waals surface area contributed by atoms with Crippen LogP contribution < -0.4 is 9.47 Å². The zero-order valence-corrected chi connectivity index (χ0v) is 37.5. The number of allylic oxidation sites excluding steroid dienone is 1. The Bertz CT molecular complexity index is 2050. The van der Waals surface area contributed by atoms with Crippen molar-refractivity contribution in [3.8, 4) is 11.5 Å². The van der Waals surface area contributed by atoms with E-state index in [0.717, 1.165) is 98.3 Å². The van der Waals surface area contributed by atoms with E-state index >= 15 is 4.79 Å². The topological polar surface area (TPSA) is 113 Å². The fourth-order valence-corrected chi connectivity index (χ4v) is 11.0. The van der Waals surface area contributed by atoms with E-state index in [9.17, 15) is 14.6 Å². The Morgan fingerprint density at radius 3 is 2.45 bits per heavy atom. The standard InChI is InChI=1S/C53H68FN3O7/c1-2-31-62-53-49(57(36-39-18-21-42(54)22-19-39)50(60)25-20-38-12-6-7-13-38)35-47(55-63-37-40-14-4-3-5-15-40)45-33-41(16-8-10-29-58)44(17-9-11-30-59)51(52(45)53)46-34-43(23-24-48(46)64-53)61-32-28-56-26-27-56/h2-5,14-15,18-19,21-24,33-34,38,41,44,49,51-52,58-59H,1,6-13,16-17,20,25-32,35-37H2. The third-order valence-electron chi connectivity index (χ3n) is 14.3. The van der Waals surface area contributed by atoms with E-state index in [1.165, 1.54) is 25.0 Å². The maximum atomic E-state index is 15.2. The van der Waals surface area contributed by atoms with E-state index in [0.29, 0.717) is 44.0 Å². The maximum absolute atomic E-state index is 15.2. The van der Waals surface area contributed by atoms with Crippen LogP contribution in [0.2, 0.25) is 0 Å². The third-order valence-corrected chi connectivity index (χ3v) is 14.3. The maximum Gasteiger partial charge on any atom is 0.239 e. The van der Waals surface area contributed by atoms with Crippen molar-refractivity contribution in [1.29, 1.82) is 0 Å². The molecule has 6 atom stereocenters. The second-order valence-corrected chi connectivity index (χ2v) is 18.6. The fourth-order valence-electron chi connectivity index (χ4n) is 11.0. The fraction of sp³-hybridized carbons (Fsp3) is 0.547. The molecule has 6 unspecified atom stereocenters. The van der Waals surface area contributed by atoms with Gasteiger partial charge >= 0.3 is 0 Å². The van der Waals surface area contributed by atoms with Crippen LogP contribution in [-0.2, 0) is 27.5 Å². The number of hydrogen-bond acceptors (Lipinski definition) is 9. The minimum atomic E-state index is -1.38. The molecule has 3 aromatic rings. The molecule has 0 bridgehead atoms. The minimum Gasteiger partial charge on any atom is -0.492 e. The van der Waals surface area contributed by atoms with Crippen molar-refractivity contribution in [2.75, 3.05) is 46.1 Å². The Kier molecular flexibility index (Phi) is 15.9. The molecule has 0 aromatic heterocycles. The molecule has 3 aliphatic carbocycles. The summed E-state index contributed by atoms with van der Waals surface area (Å²) < 4.78 is 35.6. The summed E-state index contributed by atoms with van der Waals surface area (Å²) in [5, 5.41) is 25.0. The van der Waals surface area contributed by atoms with Gasteiger partial charge in [-0.25, -0.2) is 4.39 Å². The van der Waals surface area contributed by atoms with Gasteiger partial charge < -0.3 is 34.2 Å². The number of rotatable bonds is 24. The molecule has 3 aromatic carbocycles. The number of carbonyl (C=O) groups is 1. The van der Waals surface area contributed by atoms with E-state index in [4.69, 9.17) is 24.2 Å². The summed E-state index contributed by atoms with van der Waals surface area (Å²) in [7, 11) is 0. The second-order valence-electron chi connectivity index (χ2n) is 18.6. The van der Waals surface area contributed by atoms with Gasteiger partial charge in [0.15, 0.2) is 0 Å². The van der Waals surface area contributed by atoms with Crippen LogP contribution in [0.15, 0.2) is 102 Å². The number of ether oxygens (including phenoxy) is 3. The summed E-state index contributed by atoms with van der Waals surface area (Å²) in [6.45, 7) is 8.64. The first-order valence-corrected chi connectivity index (χ1v) is 24.0. The molecule has 2 aliphatic heterocycles. The molecule has 3 fully saturated rings. The summed E-state index contributed by atoms with van der Waals surface area (Å²) >= 11 is 0. The lowest BCUT2D eigenvalue weighted by Gasteiger charge is -2.60. The number of oxime groups is 1. The first-order chi connectivity index (χ1) is 31.4. The Morgan fingerprint density at radius 2 is 1.72 bits per heavy atom. The quantitative estimate of drug-likeness (QED) is 0.0397. The molecule has 0 radical (unpaired) electrons. The highest BCUT2D eigenvalue weighted by Gasteiger charge is 2.65. The number of fused-ring (bicyclic) bond motifs is 2. The molecule has 11 heteroatoms. The van der Waals surface area contributed by atoms with E-state index in [2.05, 4.69) is 23.6 Å². The van der Waals surface area contributed by atoms with E-state index in [-0.39, 0.29) is 62.5 Å². The van der Waals surface area contributed by atoms with Crippen molar-refractivity contribution in [3.63, 3.8) is 0 Å². The zero-order valence-electron chi connectivity index (χ0n) is 37.5. The molecule has 5 aliphatic rings. The molecule has 64 heavy (non-hydrogen) atoms. The predicted molar refractivity (Wildman–Crippen MR) is 246 cm³/mol. The first kappa shape index (κ1) is 46.0. The summed E-state index contributed by atoms with van der Waals surface area (Å²) in [6, 6.07) is 21.9. The van der Waals surface area contributed by atoms with Gasteiger partial charge in [-0.2, -0.15) is 0 Å². The molecule has 1 amide bonds. The summed E-state index contributed by atoms with van der Waals surface area (Å²) in [6.07, 6.45) is 15.0. The van der Waals surface area contributed by atoms with Crippen LogP contribution >= 0.6 is 0 Å². The monoisotopic (exact) mass is 878 g/mol. The Balaban J connectivity index is 1.29. The lowest BCUT2D eigenvalue weighted by atomic mass is 9.55. The Labute approximate surface area is 379 Å². The molecule has 8 rings (SSSR count). The van der Waals surface area contributed by atoms with Crippen molar-refractivity contribution in [1.82, 2.24) is 9.80 Å². The van der Waals surface area contributed by atoms with Crippen molar-refractivity contribution in [2.45, 2.75) is 114 Å². The number of hydrogen-bond donors (Lipinski definition) is 2. The van der Waals surface area contributed by atoms with Crippen molar-refractivity contribution < 1.29 is 38.4 Å². The van der Waals surface area contributed by atoms with Gasteiger partial charge in [0.05, 0.1) is 18.2 Å². The molecule has 2 heterocycles. The van der Waals surface area contributed by atoms with Crippen LogP contribution in [0.4, 0.5) is 4.39 Å². The number of unbranched alkanes of at least 4 members (excludes halogenated alkanes) is 2. The zero-order chi connectivity index (χ0) is 44.3. The average Bonchev–Trinajstić information content (AvgIpc) is 3.99. The minimum absolute atomic E-state index is 0.00179. The molecular weight excluding hydrogens is 810 g/mol. The van der Waals surface area contributed by atoms with Gasteiger partial charge in [0.25, 0.3) is 0 Å². The average molecular weight is 878 g/mol. The van der Waals surface area contributed by atoms with Gasteiger partial charge in [-0.1, -0.05) is 98.3 Å². The van der Waals surface area contributed by atoms with Crippen LogP contribution in [0, 0.1) is 29.5 Å². The second kappa shape index (κ2) is 22.1. The number of amides is 1. The molecule has 344 valence electrons. The SMILES string of the molecule is C=CCOC12Oc3ccc(OCCN4CC4)cc3C3C(CCCCO)C(CCCCO)C=C(C(=NOCc4ccccc4)CC1N(Cc1ccc(F)cc1)C(=O)CCC1CCCC1)C32. The van der Waals surface area contributed by atoms with Gasteiger partial charge in [0.1, 0.15) is 36.6 Å². The normalized spacial score (nSPS) is 25.5. The largest absolute Gasteiger partial charge is 0.492 e.